The molecule has 0 saturated heterocycles. The third kappa shape index (κ3) is 3.23. The van der Waals surface area contributed by atoms with Crippen LogP contribution in [0.1, 0.15) is 0 Å². The number of rotatable bonds is 3. The molecule has 0 aromatic heterocycles. The van der Waals surface area contributed by atoms with Crippen LogP contribution in [0.15, 0.2) is 59.7 Å². The van der Waals surface area contributed by atoms with Crippen molar-refractivity contribution >= 4 is 40.6 Å². The number of amides is 2. The zero-order valence-electron chi connectivity index (χ0n) is 12.9. The third-order valence-electron chi connectivity index (χ3n) is 3.49. The van der Waals surface area contributed by atoms with Gasteiger partial charge >= 0.3 is 0 Å². The number of hydrogen-bond acceptors (Lipinski definition) is 4. The first-order valence-corrected chi connectivity index (χ1v) is 7.67. The second-order valence-electron chi connectivity index (χ2n) is 5.25. The third-order valence-corrected chi connectivity index (χ3v) is 3.82. The number of benzene rings is 2. The Morgan fingerprint density at radius 1 is 1.12 bits per heavy atom. The molecule has 6 nitrogen and oxygen atoms in total. The van der Waals surface area contributed by atoms with Gasteiger partial charge in [-0.15, -0.1) is 5.10 Å². The summed E-state index contributed by atoms with van der Waals surface area (Å²) in [5.41, 5.74) is 1.10. The van der Waals surface area contributed by atoms with Crippen molar-refractivity contribution in [3.63, 3.8) is 0 Å². The van der Waals surface area contributed by atoms with E-state index in [4.69, 9.17) is 11.6 Å². The smallest absolute Gasteiger partial charge is 0.293 e. The number of amidine groups is 1. The second kappa shape index (κ2) is 6.72. The molecule has 1 aliphatic heterocycles. The predicted molar refractivity (Wildman–Crippen MR) is 94.1 cm³/mol. The number of hydrazone groups is 1. The van der Waals surface area contributed by atoms with Crippen molar-refractivity contribution in [2.75, 3.05) is 23.9 Å². The van der Waals surface area contributed by atoms with Crippen molar-refractivity contribution in [3.05, 3.63) is 59.6 Å². The predicted octanol–water partition coefficient (Wildman–Crippen LogP) is 2.57. The lowest BCUT2D eigenvalue weighted by molar-refractivity contribution is -0.119. The summed E-state index contributed by atoms with van der Waals surface area (Å²) in [5.74, 6) is -0.504. The Morgan fingerprint density at radius 2 is 1.79 bits per heavy atom. The number of para-hydroxylation sites is 2. The Labute approximate surface area is 144 Å². The number of hydrogen-bond donors (Lipinski definition) is 1. The summed E-state index contributed by atoms with van der Waals surface area (Å²) >= 11 is 6.06. The van der Waals surface area contributed by atoms with Crippen molar-refractivity contribution in [1.82, 2.24) is 4.90 Å². The molecule has 0 unspecified atom stereocenters. The molecule has 1 aliphatic rings. The van der Waals surface area contributed by atoms with Gasteiger partial charge in [0, 0.05) is 7.05 Å². The topological polar surface area (TPSA) is 65.0 Å². The molecule has 0 atom stereocenters. The van der Waals surface area contributed by atoms with E-state index in [2.05, 4.69) is 10.4 Å². The van der Waals surface area contributed by atoms with Crippen LogP contribution in [-0.2, 0) is 9.59 Å². The maximum atomic E-state index is 12.5. The average molecular weight is 343 g/mol. The van der Waals surface area contributed by atoms with Crippen LogP contribution < -0.4 is 10.3 Å². The van der Waals surface area contributed by atoms with Crippen LogP contribution in [0.4, 0.5) is 11.4 Å². The first-order chi connectivity index (χ1) is 11.6. The van der Waals surface area contributed by atoms with E-state index in [1.807, 2.05) is 6.07 Å². The lowest BCUT2D eigenvalue weighted by atomic mass is 10.3. The molecule has 0 bridgehead atoms. The highest BCUT2D eigenvalue weighted by atomic mass is 35.5. The Hall–Kier alpha value is -2.86. The fourth-order valence-corrected chi connectivity index (χ4v) is 2.49. The number of likely N-dealkylation sites (N-methyl/N-ethyl adjacent to an activating group) is 1. The van der Waals surface area contributed by atoms with E-state index in [0.717, 1.165) is 0 Å². The molecule has 2 amide bonds. The van der Waals surface area contributed by atoms with Gasteiger partial charge in [-0.1, -0.05) is 41.9 Å². The fourth-order valence-electron chi connectivity index (χ4n) is 2.30. The van der Waals surface area contributed by atoms with Crippen molar-refractivity contribution in [3.8, 4) is 0 Å². The van der Waals surface area contributed by atoms with Gasteiger partial charge in [0.05, 0.1) is 16.4 Å². The summed E-state index contributed by atoms with van der Waals surface area (Å²) < 4.78 is 0. The van der Waals surface area contributed by atoms with Crippen LogP contribution in [0.3, 0.4) is 0 Å². The summed E-state index contributed by atoms with van der Waals surface area (Å²) in [7, 11) is 1.64. The summed E-state index contributed by atoms with van der Waals surface area (Å²) in [6, 6.07) is 15.9. The highest BCUT2D eigenvalue weighted by molar-refractivity contribution is 6.44. The summed E-state index contributed by atoms with van der Waals surface area (Å²) in [4.78, 5) is 26.3. The largest absolute Gasteiger partial charge is 0.344 e. The number of anilines is 2. The molecule has 3 rings (SSSR count). The van der Waals surface area contributed by atoms with Crippen LogP contribution in [0.5, 0.6) is 0 Å². The zero-order chi connectivity index (χ0) is 17.1. The molecule has 7 heteroatoms. The zero-order valence-corrected chi connectivity index (χ0v) is 13.7. The van der Waals surface area contributed by atoms with E-state index >= 15 is 0 Å². The maximum absolute atomic E-state index is 12.5. The number of halogens is 1. The van der Waals surface area contributed by atoms with Gasteiger partial charge in [0.25, 0.3) is 11.8 Å². The Bertz CT molecular complexity index is 807. The molecule has 1 heterocycles. The van der Waals surface area contributed by atoms with Gasteiger partial charge in [-0.3, -0.25) is 9.59 Å². The van der Waals surface area contributed by atoms with E-state index in [0.29, 0.717) is 16.4 Å². The molecule has 24 heavy (non-hydrogen) atoms. The molecular formula is C17H15ClN4O2. The van der Waals surface area contributed by atoms with Crippen LogP contribution in [0.25, 0.3) is 0 Å². The molecule has 2 aromatic carbocycles. The summed E-state index contributed by atoms with van der Waals surface area (Å²) in [6.45, 7) is 0.0592. The van der Waals surface area contributed by atoms with Gasteiger partial charge in [-0.05, 0) is 24.3 Å². The first kappa shape index (κ1) is 16.0. The van der Waals surface area contributed by atoms with Gasteiger partial charge in [0.1, 0.15) is 6.54 Å². The van der Waals surface area contributed by atoms with Crippen LogP contribution >= 0.6 is 11.6 Å². The number of carbonyl (C=O) groups excluding carboxylic acids is 2. The SMILES string of the molecule is CN1CC(=O)N(c2ccccc2)N=C1C(=O)Nc1ccccc1Cl. The van der Waals surface area contributed by atoms with Crippen molar-refractivity contribution in [1.29, 1.82) is 0 Å². The standard InChI is InChI=1S/C17H15ClN4O2/c1-21-11-15(23)22(12-7-3-2-4-8-12)20-16(21)17(24)19-14-10-6-5-9-13(14)18/h2-10H,11H2,1H3,(H,19,24). The minimum Gasteiger partial charge on any atom is -0.344 e. The second-order valence-corrected chi connectivity index (χ2v) is 5.66. The van der Waals surface area contributed by atoms with E-state index in [1.165, 1.54) is 9.91 Å². The molecule has 0 spiro atoms. The van der Waals surface area contributed by atoms with Gasteiger partial charge < -0.3 is 10.2 Å². The number of nitrogens with zero attached hydrogens (tertiary/aromatic N) is 3. The monoisotopic (exact) mass is 342 g/mol. The lowest BCUT2D eigenvalue weighted by Gasteiger charge is -2.29. The first-order valence-electron chi connectivity index (χ1n) is 7.30. The number of carbonyl (C=O) groups is 2. The van der Waals surface area contributed by atoms with Crippen LogP contribution in [0.2, 0.25) is 5.02 Å². The molecular weight excluding hydrogens is 328 g/mol. The Balaban J connectivity index is 1.89. The van der Waals surface area contributed by atoms with E-state index in [9.17, 15) is 9.59 Å². The van der Waals surface area contributed by atoms with Crippen molar-refractivity contribution in [2.45, 2.75) is 0 Å². The molecule has 1 N–H and O–H groups in total. The average Bonchev–Trinajstić information content (AvgIpc) is 2.58. The molecule has 122 valence electrons. The lowest BCUT2D eigenvalue weighted by Crippen LogP contribution is -2.49. The minimum atomic E-state index is -0.431. The highest BCUT2D eigenvalue weighted by Crippen LogP contribution is 2.21. The Kier molecular flexibility index (Phi) is 4.48. The number of nitrogens with one attached hydrogen (secondary N) is 1. The van der Waals surface area contributed by atoms with E-state index in [1.54, 1.807) is 55.6 Å². The normalized spacial score (nSPS) is 14.4. The van der Waals surface area contributed by atoms with E-state index in [-0.39, 0.29) is 18.3 Å². The quantitative estimate of drug-likeness (QED) is 0.932. The van der Waals surface area contributed by atoms with Gasteiger partial charge in [-0.25, -0.2) is 0 Å². The van der Waals surface area contributed by atoms with Crippen molar-refractivity contribution in [2.24, 2.45) is 5.10 Å². The fraction of sp³-hybridized carbons (Fsp3) is 0.118. The maximum Gasteiger partial charge on any atom is 0.293 e. The van der Waals surface area contributed by atoms with Gasteiger partial charge in [0.15, 0.2) is 0 Å². The Morgan fingerprint density at radius 3 is 2.50 bits per heavy atom. The van der Waals surface area contributed by atoms with Gasteiger partial charge in [-0.2, -0.15) is 5.01 Å². The highest BCUT2D eigenvalue weighted by Gasteiger charge is 2.29. The molecule has 0 saturated carbocycles. The molecule has 2 aromatic rings. The molecule has 0 aliphatic carbocycles. The minimum absolute atomic E-state index is 0.0592. The van der Waals surface area contributed by atoms with Crippen LogP contribution in [0, 0.1) is 0 Å². The summed E-state index contributed by atoms with van der Waals surface area (Å²) in [6.07, 6.45) is 0. The van der Waals surface area contributed by atoms with Gasteiger partial charge in [0.2, 0.25) is 5.84 Å². The molecule has 0 radical (unpaired) electrons. The van der Waals surface area contributed by atoms with Crippen LogP contribution in [-0.4, -0.2) is 36.1 Å². The summed E-state index contributed by atoms with van der Waals surface area (Å²) in [5, 5.41) is 8.60. The van der Waals surface area contributed by atoms with Crippen molar-refractivity contribution < 1.29 is 9.59 Å². The van der Waals surface area contributed by atoms with E-state index < -0.39 is 5.91 Å². The molecule has 0 fully saturated rings.